The summed E-state index contributed by atoms with van der Waals surface area (Å²) < 4.78 is 11.1. The van der Waals surface area contributed by atoms with Gasteiger partial charge in [0.05, 0.1) is 24.8 Å². The Bertz CT molecular complexity index is 1440. The largest absolute Gasteiger partial charge is 0.497 e. The van der Waals surface area contributed by atoms with E-state index in [1.54, 1.807) is 24.7 Å². The maximum atomic E-state index is 5.78. The molecule has 2 aromatic heterocycles. The number of hydrogen-bond acceptors (Lipinski definition) is 6. The van der Waals surface area contributed by atoms with E-state index in [1.807, 2.05) is 47.5 Å². The van der Waals surface area contributed by atoms with Crippen LogP contribution in [0.2, 0.25) is 0 Å². The van der Waals surface area contributed by atoms with Crippen molar-refractivity contribution in [3.63, 3.8) is 0 Å². The number of benzene rings is 3. The van der Waals surface area contributed by atoms with Crippen molar-refractivity contribution in [3.8, 4) is 28.1 Å². The van der Waals surface area contributed by atoms with Crippen LogP contribution < -0.4 is 9.75 Å². The zero-order valence-corrected chi connectivity index (χ0v) is 20.0. The lowest BCUT2D eigenvalue weighted by Gasteiger charge is -2.18. The molecule has 3 aromatic carbocycles. The highest BCUT2D eigenvalue weighted by Gasteiger charge is 2.33. The molecule has 6 heteroatoms. The molecular formula is C29H23N3O2S. The number of hydrazone groups is 1. The molecule has 5 aromatic rings. The lowest BCUT2D eigenvalue weighted by molar-refractivity contribution is 0.415. The second kappa shape index (κ2) is 9.24. The fourth-order valence-electron chi connectivity index (χ4n) is 4.31. The smallest absolute Gasteiger partial charge is 0.207 e. The number of furan rings is 1. The molecule has 1 aliphatic rings. The van der Waals surface area contributed by atoms with E-state index in [-0.39, 0.29) is 6.04 Å². The second-order valence-corrected chi connectivity index (χ2v) is 9.15. The highest BCUT2D eigenvalue weighted by molar-refractivity contribution is 7.14. The SMILES string of the molecule is COc1ccc(C2=NN(c3nc(-c4ccc(-c5ccccc5)cc4)cs3)C(c3ccco3)C2)cc1. The first kappa shape index (κ1) is 21.4. The van der Waals surface area contributed by atoms with E-state index >= 15 is 0 Å². The Balaban J connectivity index is 1.30. The molecule has 0 fully saturated rings. The summed E-state index contributed by atoms with van der Waals surface area (Å²) in [7, 11) is 1.67. The van der Waals surface area contributed by atoms with Gasteiger partial charge >= 0.3 is 0 Å². The van der Waals surface area contributed by atoms with E-state index in [4.69, 9.17) is 19.2 Å². The van der Waals surface area contributed by atoms with Crippen molar-refractivity contribution < 1.29 is 9.15 Å². The average molecular weight is 478 g/mol. The monoisotopic (exact) mass is 477 g/mol. The molecule has 1 unspecified atom stereocenters. The standard InChI is InChI=1S/C29H23N3O2S/c1-33-24-15-13-22(14-16-24)25-18-27(28-8-5-17-34-28)32(31-25)29-30-26(19-35-29)23-11-9-21(10-12-23)20-6-3-2-4-7-20/h2-17,19,27H,18H2,1H3. The van der Waals surface area contributed by atoms with Crippen molar-refractivity contribution >= 4 is 22.2 Å². The highest BCUT2D eigenvalue weighted by atomic mass is 32.1. The quantitative estimate of drug-likeness (QED) is 0.255. The molecule has 5 nitrogen and oxygen atoms in total. The average Bonchev–Trinajstić information content (AvgIpc) is 3.70. The van der Waals surface area contributed by atoms with Gasteiger partial charge in [-0.05, 0) is 53.1 Å². The first-order chi connectivity index (χ1) is 17.3. The van der Waals surface area contributed by atoms with E-state index in [1.165, 1.54) is 11.1 Å². The Morgan fingerprint density at radius 2 is 1.54 bits per heavy atom. The first-order valence-electron chi connectivity index (χ1n) is 11.4. The molecule has 0 amide bonds. The van der Waals surface area contributed by atoms with Gasteiger partial charge in [-0.3, -0.25) is 0 Å². The highest BCUT2D eigenvalue weighted by Crippen LogP contribution is 2.39. The molecule has 0 saturated carbocycles. The fraction of sp³-hybridized carbons (Fsp3) is 0.103. The van der Waals surface area contributed by atoms with Gasteiger partial charge in [0.2, 0.25) is 5.13 Å². The third-order valence-corrected chi connectivity index (χ3v) is 7.01. The maximum absolute atomic E-state index is 5.78. The molecule has 1 aliphatic heterocycles. The molecule has 0 bridgehead atoms. The Kier molecular flexibility index (Phi) is 5.64. The van der Waals surface area contributed by atoms with Gasteiger partial charge in [0.25, 0.3) is 0 Å². The number of ether oxygens (including phenoxy) is 1. The van der Waals surface area contributed by atoms with Gasteiger partial charge in [-0.15, -0.1) is 11.3 Å². The van der Waals surface area contributed by atoms with Crippen molar-refractivity contribution in [2.75, 3.05) is 12.1 Å². The number of nitrogens with zero attached hydrogens (tertiary/aromatic N) is 3. The van der Waals surface area contributed by atoms with Crippen LogP contribution in [0.3, 0.4) is 0 Å². The summed E-state index contributed by atoms with van der Waals surface area (Å²) in [5.74, 6) is 1.70. The normalized spacial score (nSPS) is 15.3. The number of methoxy groups -OCH3 is 1. The van der Waals surface area contributed by atoms with Gasteiger partial charge in [-0.1, -0.05) is 54.6 Å². The fourth-order valence-corrected chi connectivity index (χ4v) is 5.15. The molecule has 35 heavy (non-hydrogen) atoms. The number of thiazole rings is 1. The Morgan fingerprint density at radius 1 is 0.829 bits per heavy atom. The predicted octanol–water partition coefficient (Wildman–Crippen LogP) is 7.43. The van der Waals surface area contributed by atoms with Crippen molar-refractivity contribution in [1.29, 1.82) is 0 Å². The molecule has 6 rings (SSSR count). The predicted molar refractivity (Wildman–Crippen MR) is 141 cm³/mol. The Hall–Kier alpha value is -4.16. The summed E-state index contributed by atoms with van der Waals surface area (Å²) in [6.45, 7) is 0. The van der Waals surface area contributed by atoms with Crippen LogP contribution in [-0.2, 0) is 0 Å². The zero-order chi connectivity index (χ0) is 23.6. The van der Waals surface area contributed by atoms with Gasteiger partial charge in [0, 0.05) is 17.4 Å². The van der Waals surface area contributed by atoms with Crippen LogP contribution in [0.5, 0.6) is 5.75 Å². The second-order valence-electron chi connectivity index (χ2n) is 8.31. The van der Waals surface area contributed by atoms with Crippen molar-refractivity contribution in [2.24, 2.45) is 5.10 Å². The molecule has 0 aliphatic carbocycles. The van der Waals surface area contributed by atoms with Crippen molar-refractivity contribution in [3.05, 3.63) is 114 Å². The van der Waals surface area contributed by atoms with Crippen LogP contribution in [-0.4, -0.2) is 17.8 Å². The summed E-state index contributed by atoms with van der Waals surface area (Å²) in [4.78, 5) is 4.96. The van der Waals surface area contributed by atoms with Crippen LogP contribution in [0.15, 0.2) is 112 Å². The maximum Gasteiger partial charge on any atom is 0.207 e. The third-order valence-electron chi connectivity index (χ3n) is 6.18. The number of aromatic nitrogens is 1. The minimum absolute atomic E-state index is 0.0402. The number of rotatable bonds is 6. The summed E-state index contributed by atoms with van der Waals surface area (Å²) in [5, 5.41) is 9.91. The summed E-state index contributed by atoms with van der Waals surface area (Å²) in [5.41, 5.74) is 6.49. The van der Waals surface area contributed by atoms with Crippen molar-refractivity contribution in [2.45, 2.75) is 12.5 Å². The molecule has 0 spiro atoms. The van der Waals surface area contributed by atoms with Gasteiger partial charge < -0.3 is 9.15 Å². The minimum Gasteiger partial charge on any atom is -0.497 e. The molecule has 172 valence electrons. The Morgan fingerprint density at radius 3 is 2.26 bits per heavy atom. The molecular weight excluding hydrogens is 454 g/mol. The van der Waals surface area contributed by atoms with Gasteiger partial charge in [-0.25, -0.2) is 9.99 Å². The van der Waals surface area contributed by atoms with E-state index in [2.05, 4.69) is 53.9 Å². The number of anilines is 1. The van der Waals surface area contributed by atoms with E-state index < -0.39 is 0 Å². The summed E-state index contributed by atoms with van der Waals surface area (Å²) >= 11 is 1.59. The lowest BCUT2D eigenvalue weighted by atomic mass is 10.0. The van der Waals surface area contributed by atoms with E-state index in [0.29, 0.717) is 0 Å². The van der Waals surface area contributed by atoms with Crippen LogP contribution in [0.1, 0.15) is 23.8 Å². The van der Waals surface area contributed by atoms with Gasteiger partial charge in [0.15, 0.2) is 0 Å². The molecule has 3 heterocycles. The van der Waals surface area contributed by atoms with Gasteiger partial charge in [-0.2, -0.15) is 5.10 Å². The molecule has 1 atom stereocenters. The Labute approximate surface area is 208 Å². The summed E-state index contributed by atoms with van der Waals surface area (Å²) in [6.07, 6.45) is 2.45. The molecule has 0 N–H and O–H groups in total. The van der Waals surface area contributed by atoms with Gasteiger partial charge in [0.1, 0.15) is 17.6 Å². The molecule has 0 radical (unpaired) electrons. The lowest BCUT2D eigenvalue weighted by Crippen LogP contribution is -2.17. The third kappa shape index (κ3) is 4.24. The van der Waals surface area contributed by atoms with Crippen molar-refractivity contribution in [1.82, 2.24) is 4.98 Å². The topological polar surface area (TPSA) is 50.9 Å². The summed E-state index contributed by atoms with van der Waals surface area (Å²) in [6, 6.07) is 30.8. The van der Waals surface area contributed by atoms with Crippen LogP contribution in [0.4, 0.5) is 5.13 Å². The van der Waals surface area contributed by atoms with Crippen LogP contribution in [0.25, 0.3) is 22.4 Å². The molecule has 0 saturated heterocycles. The van der Waals surface area contributed by atoms with Crippen LogP contribution >= 0.6 is 11.3 Å². The minimum atomic E-state index is -0.0402. The zero-order valence-electron chi connectivity index (χ0n) is 19.2. The van der Waals surface area contributed by atoms with Crippen LogP contribution in [0, 0.1) is 0 Å². The number of hydrogen-bond donors (Lipinski definition) is 0. The van der Waals surface area contributed by atoms with E-state index in [0.717, 1.165) is 45.6 Å². The first-order valence-corrected chi connectivity index (χ1v) is 12.3. The van der Waals surface area contributed by atoms with E-state index in [9.17, 15) is 0 Å².